The van der Waals surface area contributed by atoms with Gasteiger partial charge in [-0.05, 0) is 12.8 Å². The maximum absolute atomic E-state index is 5.94. The van der Waals surface area contributed by atoms with Crippen molar-refractivity contribution >= 4 is 11.0 Å². The van der Waals surface area contributed by atoms with E-state index in [1.807, 2.05) is 12.1 Å². The molecule has 1 aromatic heterocycles. The molecule has 1 aromatic carbocycles. The molecule has 0 saturated heterocycles. The van der Waals surface area contributed by atoms with Gasteiger partial charge in [0.2, 0.25) is 0 Å². The van der Waals surface area contributed by atoms with Gasteiger partial charge in [0.1, 0.15) is 19.0 Å². The fraction of sp³-hybridized carbons (Fsp3) is 0.500. The van der Waals surface area contributed by atoms with Crippen LogP contribution in [-0.2, 0) is 5.41 Å². The standard InChI is InChI=1S/C14H17N3O2/c15-8-14(2-1-3-14)13-16-9-6-11-12(7-10(9)17-13)19-5-4-18-11/h6-7H,1-5,8,15H2,(H,16,17). The fourth-order valence-electron chi connectivity index (χ4n) is 2.94. The van der Waals surface area contributed by atoms with Gasteiger partial charge in [0.25, 0.3) is 0 Å². The molecule has 0 bridgehead atoms. The molecule has 0 radical (unpaired) electrons. The molecule has 0 amide bonds. The zero-order valence-electron chi connectivity index (χ0n) is 10.7. The summed E-state index contributed by atoms with van der Waals surface area (Å²) in [6.07, 6.45) is 3.48. The zero-order valence-corrected chi connectivity index (χ0v) is 10.7. The van der Waals surface area contributed by atoms with Crippen LogP contribution in [0.2, 0.25) is 0 Å². The van der Waals surface area contributed by atoms with Crippen molar-refractivity contribution in [3.63, 3.8) is 0 Å². The Labute approximate surface area is 111 Å². The summed E-state index contributed by atoms with van der Waals surface area (Å²) < 4.78 is 11.2. The number of aromatic nitrogens is 2. The number of benzene rings is 1. The molecule has 5 nitrogen and oxygen atoms in total. The second-order valence-electron chi connectivity index (χ2n) is 5.44. The minimum Gasteiger partial charge on any atom is -0.486 e. The molecule has 0 atom stereocenters. The van der Waals surface area contributed by atoms with Crippen LogP contribution in [0.25, 0.3) is 11.0 Å². The van der Waals surface area contributed by atoms with E-state index in [1.54, 1.807) is 0 Å². The summed E-state index contributed by atoms with van der Waals surface area (Å²) >= 11 is 0. The van der Waals surface area contributed by atoms with Crippen LogP contribution in [0.4, 0.5) is 0 Å². The lowest BCUT2D eigenvalue weighted by Crippen LogP contribution is -2.42. The summed E-state index contributed by atoms with van der Waals surface area (Å²) in [5.41, 5.74) is 7.92. The molecule has 1 aliphatic heterocycles. The van der Waals surface area contributed by atoms with Crippen LogP contribution in [0.5, 0.6) is 11.5 Å². The lowest BCUT2D eigenvalue weighted by atomic mass is 9.68. The Bertz CT molecular complexity index is 582. The first-order chi connectivity index (χ1) is 9.31. The third kappa shape index (κ3) is 1.54. The van der Waals surface area contributed by atoms with Crippen molar-refractivity contribution in [3.05, 3.63) is 18.0 Å². The van der Waals surface area contributed by atoms with Crippen molar-refractivity contribution in [1.29, 1.82) is 0 Å². The number of ether oxygens (including phenoxy) is 2. The van der Waals surface area contributed by atoms with Crippen molar-refractivity contribution in [2.24, 2.45) is 5.73 Å². The quantitative estimate of drug-likeness (QED) is 0.861. The van der Waals surface area contributed by atoms with Crippen LogP contribution in [0.15, 0.2) is 12.1 Å². The van der Waals surface area contributed by atoms with E-state index < -0.39 is 0 Å². The molecule has 1 fully saturated rings. The maximum Gasteiger partial charge on any atom is 0.163 e. The highest BCUT2D eigenvalue weighted by Gasteiger charge is 2.40. The summed E-state index contributed by atoms with van der Waals surface area (Å²) in [5, 5.41) is 0. The van der Waals surface area contributed by atoms with E-state index in [0.29, 0.717) is 19.8 Å². The van der Waals surface area contributed by atoms with E-state index in [9.17, 15) is 0 Å². The van der Waals surface area contributed by atoms with Crippen molar-refractivity contribution in [2.45, 2.75) is 24.7 Å². The third-order valence-corrected chi connectivity index (χ3v) is 4.35. The summed E-state index contributed by atoms with van der Waals surface area (Å²) in [7, 11) is 0. The molecule has 19 heavy (non-hydrogen) atoms. The predicted molar refractivity (Wildman–Crippen MR) is 71.7 cm³/mol. The van der Waals surface area contributed by atoms with Gasteiger partial charge in [-0.1, -0.05) is 6.42 Å². The van der Waals surface area contributed by atoms with Gasteiger partial charge in [0.05, 0.1) is 11.0 Å². The first-order valence-corrected chi connectivity index (χ1v) is 6.81. The number of nitrogens with zero attached hydrogens (tertiary/aromatic N) is 1. The van der Waals surface area contributed by atoms with Crippen molar-refractivity contribution in [2.75, 3.05) is 19.8 Å². The Morgan fingerprint density at radius 1 is 1.21 bits per heavy atom. The highest BCUT2D eigenvalue weighted by atomic mass is 16.6. The molecule has 1 aliphatic carbocycles. The van der Waals surface area contributed by atoms with E-state index >= 15 is 0 Å². The normalized spacial score (nSPS) is 20.3. The van der Waals surface area contributed by atoms with Crippen LogP contribution in [-0.4, -0.2) is 29.7 Å². The first-order valence-electron chi connectivity index (χ1n) is 6.81. The Hall–Kier alpha value is -1.75. The molecule has 2 aromatic rings. The molecular weight excluding hydrogens is 242 g/mol. The van der Waals surface area contributed by atoms with E-state index in [0.717, 1.165) is 41.2 Å². The highest BCUT2D eigenvalue weighted by molar-refractivity contribution is 5.80. The summed E-state index contributed by atoms with van der Waals surface area (Å²) in [5.74, 6) is 2.59. The number of hydrogen-bond acceptors (Lipinski definition) is 4. The van der Waals surface area contributed by atoms with Gasteiger partial charge in [-0.15, -0.1) is 0 Å². The molecule has 3 N–H and O–H groups in total. The number of H-pyrrole nitrogens is 1. The number of fused-ring (bicyclic) bond motifs is 2. The highest BCUT2D eigenvalue weighted by Crippen LogP contribution is 2.43. The van der Waals surface area contributed by atoms with Gasteiger partial charge < -0.3 is 20.2 Å². The van der Waals surface area contributed by atoms with Gasteiger partial charge in [0, 0.05) is 24.1 Å². The fourth-order valence-corrected chi connectivity index (χ4v) is 2.94. The van der Waals surface area contributed by atoms with Crippen LogP contribution in [0, 0.1) is 0 Å². The average molecular weight is 259 g/mol. The van der Waals surface area contributed by atoms with Crippen molar-refractivity contribution < 1.29 is 9.47 Å². The average Bonchev–Trinajstić information content (AvgIpc) is 2.78. The van der Waals surface area contributed by atoms with E-state index in [-0.39, 0.29) is 5.41 Å². The molecule has 2 aliphatic rings. The molecule has 5 heteroatoms. The second-order valence-corrected chi connectivity index (χ2v) is 5.44. The number of rotatable bonds is 2. The molecule has 100 valence electrons. The molecule has 4 rings (SSSR count). The SMILES string of the molecule is NCC1(c2nc3cc4c(cc3[nH]2)OCCO4)CCC1. The lowest BCUT2D eigenvalue weighted by Gasteiger charge is -2.38. The van der Waals surface area contributed by atoms with E-state index in [2.05, 4.69) is 4.98 Å². The van der Waals surface area contributed by atoms with Gasteiger partial charge in [-0.25, -0.2) is 4.98 Å². The molecule has 1 saturated carbocycles. The van der Waals surface area contributed by atoms with Crippen molar-refractivity contribution in [1.82, 2.24) is 9.97 Å². The third-order valence-electron chi connectivity index (χ3n) is 4.35. The first kappa shape index (κ1) is 11.1. The number of hydrogen-bond donors (Lipinski definition) is 2. The minimum absolute atomic E-state index is 0.0568. The van der Waals surface area contributed by atoms with Gasteiger partial charge in [-0.2, -0.15) is 0 Å². The van der Waals surface area contributed by atoms with E-state index in [1.165, 1.54) is 6.42 Å². The van der Waals surface area contributed by atoms with E-state index in [4.69, 9.17) is 20.2 Å². The molecule has 0 spiro atoms. The number of nitrogens with one attached hydrogen (secondary N) is 1. The molecule has 0 unspecified atom stereocenters. The monoisotopic (exact) mass is 259 g/mol. The summed E-state index contributed by atoms with van der Waals surface area (Å²) in [6.45, 7) is 1.86. The van der Waals surface area contributed by atoms with Crippen LogP contribution < -0.4 is 15.2 Å². The second kappa shape index (κ2) is 3.87. The Kier molecular flexibility index (Phi) is 2.26. The Balaban J connectivity index is 1.83. The minimum atomic E-state index is 0.0568. The van der Waals surface area contributed by atoms with Gasteiger partial charge in [-0.3, -0.25) is 0 Å². The zero-order chi connectivity index (χ0) is 12.9. The largest absolute Gasteiger partial charge is 0.486 e. The van der Waals surface area contributed by atoms with Crippen molar-refractivity contribution in [3.8, 4) is 11.5 Å². The van der Waals surface area contributed by atoms with Gasteiger partial charge in [0.15, 0.2) is 11.5 Å². The van der Waals surface area contributed by atoms with Crippen LogP contribution >= 0.6 is 0 Å². The maximum atomic E-state index is 5.94. The number of aromatic amines is 1. The number of imidazole rings is 1. The smallest absolute Gasteiger partial charge is 0.163 e. The topological polar surface area (TPSA) is 73.2 Å². The summed E-state index contributed by atoms with van der Waals surface area (Å²) in [6, 6.07) is 3.93. The lowest BCUT2D eigenvalue weighted by molar-refractivity contribution is 0.172. The Morgan fingerprint density at radius 3 is 2.58 bits per heavy atom. The van der Waals surface area contributed by atoms with Crippen LogP contribution in [0.1, 0.15) is 25.1 Å². The number of nitrogens with two attached hydrogens (primary N) is 1. The summed E-state index contributed by atoms with van der Waals surface area (Å²) in [4.78, 5) is 8.13. The molecular formula is C14H17N3O2. The predicted octanol–water partition coefficient (Wildman–Crippen LogP) is 1.71. The van der Waals surface area contributed by atoms with Gasteiger partial charge >= 0.3 is 0 Å². The molecule has 2 heterocycles. The Morgan fingerprint density at radius 2 is 1.95 bits per heavy atom. The van der Waals surface area contributed by atoms with Crippen LogP contribution in [0.3, 0.4) is 0 Å².